The topological polar surface area (TPSA) is 16.1 Å². The summed E-state index contributed by atoms with van der Waals surface area (Å²) in [6.07, 6.45) is 4.43. The summed E-state index contributed by atoms with van der Waals surface area (Å²) >= 11 is 3.50. The van der Waals surface area contributed by atoms with Crippen molar-refractivity contribution >= 4 is 34.2 Å². The lowest BCUT2D eigenvalue weighted by atomic mass is 10.4. The zero-order chi connectivity index (χ0) is 8.39. The smallest absolute Gasteiger partial charge is 0.142 e. The van der Waals surface area contributed by atoms with Crippen LogP contribution in [0.1, 0.15) is 12.8 Å². The third kappa shape index (κ3) is 2.35. The van der Waals surface area contributed by atoms with Crippen LogP contribution >= 0.6 is 28.3 Å². The van der Waals surface area contributed by atoms with E-state index >= 15 is 0 Å². The van der Waals surface area contributed by atoms with Crippen LogP contribution < -0.4 is 4.90 Å². The summed E-state index contributed by atoms with van der Waals surface area (Å²) < 4.78 is 1.10. The number of anilines is 1. The van der Waals surface area contributed by atoms with Gasteiger partial charge in [0.2, 0.25) is 0 Å². The van der Waals surface area contributed by atoms with Crippen LogP contribution in [0.4, 0.5) is 5.82 Å². The number of hydrogen-bond acceptors (Lipinski definition) is 2. The Labute approximate surface area is 92.9 Å². The van der Waals surface area contributed by atoms with Gasteiger partial charge in [0.15, 0.2) is 0 Å². The fourth-order valence-electron chi connectivity index (χ4n) is 1.54. The van der Waals surface area contributed by atoms with Gasteiger partial charge in [-0.25, -0.2) is 4.98 Å². The Balaban J connectivity index is 0.000000845. The first-order chi connectivity index (χ1) is 5.88. The Morgan fingerprint density at radius 3 is 2.62 bits per heavy atom. The molecule has 0 unspecified atom stereocenters. The molecule has 0 saturated carbocycles. The molecule has 1 saturated heterocycles. The average molecular weight is 264 g/mol. The van der Waals surface area contributed by atoms with Gasteiger partial charge in [-0.2, -0.15) is 0 Å². The molecular formula is C9H12BrClN2. The van der Waals surface area contributed by atoms with Crippen LogP contribution in [0, 0.1) is 0 Å². The van der Waals surface area contributed by atoms with E-state index in [9.17, 15) is 0 Å². The van der Waals surface area contributed by atoms with Crippen molar-refractivity contribution in [3.05, 3.63) is 22.8 Å². The van der Waals surface area contributed by atoms with Crippen LogP contribution in [0.25, 0.3) is 0 Å². The number of rotatable bonds is 1. The van der Waals surface area contributed by atoms with E-state index in [0.29, 0.717) is 0 Å². The molecule has 0 N–H and O–H groups in total. The first-order valence-electron chi connectivity index (χ1n) is 4.23. The summed E-state index contributed by atoms with van der Waals surface area (Å²) in [5, 5.41) is 0. The molecule has 2 heterocycles. The summed E-state index contributed by atoms with van der Waals surface area (Å²) in [6, 6.07) is 3.99. The van der Waals surface area contributed by atoms with Crippen molar-refractivity contribution in [3.63, 3.8) is 0 Å². The highest BCUT2D eigenvalue weighted by molar-refractivity contribution is 9.10. The van der Waals surface area contributed by atoms with E-state index in [0.717, 1.165) is 23.4 Å². The summed E-state index contributed by atoms with van der Waals surface area (Å²) in [6.45, 7) is 2.30. The van der Waals surface area contributed by atoms with E-state index in [1.165, 1.54) is 12.8 Å². The molecule has 0 bridgehead atoms. The molecule has 0 atom stereocenters. The molecule has 0 amide bonds. The van der Waals surface area contributed by atoms with Crippen molar-refractivity contribution in [2.45, 2.75) is 12.8 Å². The molecule has 1 aliphatic rings. The molecule has 0 spiro atoms. The zero-order valence-corrected chi connectivity index (χ0v) is 9.64. The standard InChI is InChI=1S/C9H11BrN2.ClH/c10-8-4-3-5-11-9(8)12-6-1-2-7-12;/h3-5H,1-2,6-7H2;1H. The van der Waals surface area contributed by atoms with E-state index < -0.39 is 0 Å². The molecule has 1 aromatic heterocycles. The van der Waals surface area contributed by atoms with E-state index in [4.69, 9.17) is 0 Å². The summed E-state index contributed by atoms with van der Waals surface area (Å²) in [7, 11) is 0. The summed E-state index contributed by atoms with van der Waals surface area (Å²) in [5.41, 5.74) is 0. The molecule has 72 valence electrons. The maximum absolute atomic E-state index is 4.34. The first kappa shape index (κ1) is 10.8. The van der Waals surface area contributed by atoms with E-state index in [1.54, 1.807) is 0 Å². The van der Waals surface area contributed by atoms with Crippen molar-refractivity contribution in [1.29, 1.82) is 0 Å². The molecule has 1 aromatic rings. The third-order valence-electron chi connectivity index (χ3n) is 2.14. The predicted molar refractivity (Wildman–Crippen MR) is 60.6 cm³/mol. The van der Waals surface area contributed by atoms with Crippen molar-refractivity contribution in [2.24, 2.45) is 0 Å². The van der Waals surface area contributed by atoms with Crippen LogP contribution in [0.3, 0.4) is 0 Å². The SMILES string of the molecule is Brc1cccnc1N1CCCC1.Cl. The number of hydrogen-bond donors (Lipinski definition) is 0. The number of pyridine rings is 1. The van der Waals surface area contributed by atoms with Gasteiger partial charge in [0, 0.05) is 19.3 Å². The summed E-state index contributed by atoms with van der Waals surface area (Å²) in [4.78, 5) is 6.66. The molecule has 2 nitrogen and oxygen atoms in total. The third-order valence-corrected chi connectivity index (χ3v) is 2.76. The van der Waals surface area contributed by atoms with Gasteiger partial charge in [0.25, 0.3) is 0 Å². The van der Waals surface area contributed by atoms with Crippen molar-refractivity contribution < 1.29 is 0 Å². The molecular weight excluding hydrogens is 251 g/mol. The quantitative estimate of drug-likeness (QED) is 0.774. The number of nitrogens with zero attached hydrogens (tertiary/aromatic N) is 2. The van der Waals surface area contributed by atoms with Gasteiger partial charge >= 0.3 is 0 Å². The minimum atomic E-state index is 0. The lowest BCUT2D eigenvalue weighted by molar-refractivity contribution is 0.933. The Hall–Kier alpha value is -0.280. The highest BCUT2D eigenvalue weighted by atomic mass is 79.9. The predicted octanol–water partition coefficient (Wildman–Crippen LogP) is 2.87. The summed E-state index contributed by atoms with van der Waals surface area (Å²) in [5.74, 6) is 1.09. The van der Waals surface area contributed by atoms with E-state index in [1.807, 2.05) is 18.3 Å². The van der Waals surface area contributed by atoms with Crippen molar-refractivity contribution in [1.82, 2.24) is 4.98 Å². The molecule has 2 rings (SSSR count). The highest BCUT2D eigenvalue weighted by Gasteiger charge is 2.14. The van der Waals surface area contributed by atoms with Crippen molar-refractivity contribution in [2.75, 3.05) is 18.0 Å². The molecule has 1 fully saturated rings. The second-order valence-electron chi connectivity index (χ2n) is 3.00. The molecule has 0 aliphatic carbocycles. The second kappa shape index (κ2) is 4.82. The normalized spacial score (nSPS) is 15.6. The van der Waals surface area contributed by atoms with E-state index in [2.05, 4.69) is 25.8 Å². The molecule has 13 heavy (non-hydrogen) atoms. The maximum Gasteiger partial charge on any atom is 0.142 e. The Kier molecular flexibility index (Phi) is 4.00. The van der Waals surface area contributed by atoms with Crippen LogP contribution in [0.15, 0.2) is 22.8 Å². The Bertz CT molecular complexity index is 274. The lowest BCUT2D eigenvalue weighted by Crippen LogP contribution is -2.19. The second-order valence-corrected chi connectivity index (χ2v) is 3.86. The monoisotopic (exact) mass is 262 g/mol. The average Bonchev–Trinajstić information content (AvgIpc) is 2.57. The maximum atomic E-state index is 4.34. The van der Waals surface area contributed by atoms with Crippen LogP contribution in [0.2, 0.25) is 0 Å². The van der Waals surface area contributed by atoms with Crippen LogP contribution in [0.5, 0.6) is 0 Å². The minimum Gasteiger partial charge on any atom is -0.356 e. The lowest BCUT2D eigenvalue weighted by Gasteiger charge is -2.16. The largest absolute Gasteiger partial charge is 0.356 e. The Morgan fingerprint density at radius 2 is 2.00 bits per heavy atom. The van der Waals surface area contributed by atoms with Gasteiger partial charge in [-0.05, 0) is 40.9 Å². The van der Waals surface area contributed by atoms with Gasteiger partial charge in [0.1, 0.15) is 5.82 Å². The number of aromatic nitrogens is 1. The van der Waals surface area contributed by atoms with Crippen LogP contribution in [-0.4, -0.2) is 18.1 Å². The fraction of sp³-hybridized carbons (Fsp3) is 0.444. The molecule has 4 heteroatoms. The highest BCUT2D eigenvalue weighted by Crippen LogP contribution is 2.25. The van der Waals surface area contributed by atoms with E-state index in [-0.39, 0.29) is 12.4 Å². The van der Waals surface area contributed by atoms with Crippen molar-refractivity contribution in [3.8, 4) is 0 Å². The van der Waals surface area contributed by atoms with Gasteiger partial charge in [0.05, 0.1) is 4.47 Å². The van der Waals surface area contributed by atoms with Gasteiger partial charge in [-0.3, -0.25) is 0 Å². The zero-order valence-electron chi connectivity index (χ0n) is 7.24. The van der Waals surface area contributed by atoms with Gasteiger partial charge in [-0.15, -0.1) is 12.4 Å². The van der Waals surface area contributed by atoms with Gasteiger partial charge in [-0.1, -0.05) is 0 Å². The first-order valence-corrected chi connectivity index (χ1v) is 5.03. The molecule has 0 aromatic carbocycles. The fourth-order valence-corrected chi connectivity index (χ4v) is 2.04. The molecule has 0 radical (unpaired) electrons. The number of halogens is 2. The molecule has 1 aliphatic heterocycles. The van der Waals surface area contributed by atoms with Crippen LogP contribution in [-0.2, 0) is 0 Å². The Morgan fingerprint density at radius 1 is 1.31 bits per heavy atom. The minimum absolute atomic E-state index is 0. The van der Waals surface area contributed by atoms with Gasteiger partial charge < -0.3 is 4.90 Å².